The van der Waals surface area contributed by atoms with Gasteiger partial charge in [-0.15, -0.1) is 0 Å². The number of carbonyl (C=O) groups is 6. The highest BCUT2D eigenvalue weighted by Crippen LogP contribution is 2.38. The molecule has 0 radical (unpaired) electrons. The summed E-state index contributed by atoms with van der Waals surface area (Å²) < 4.78 is 15.7. The van der Waals surface area contributed by atoms with Gasteiger partial charge in [-0.3, -0.25) is 33.3 Å². The first-order valence-corrected chi connectivity index (χ1v) is 20.1. The molecule has 1 heterocycles. The summed E-state index contributed by atoms with van der Waals surface area (Å²) in [5.74, 6) is -5.40. The number of nitrogens with two attached hydrogens (primary N) is 1. The number of carbonyl (C=O) groups excluding carboxylic acids is 6. The first-order valence-electron chi connectivity index (χ1n) is 18.5. The Morgan fingerprint density at radius 3 is 2.09 bits per heavy atom. The maximum absolute atomic E-state index is 13.8. The largest absolute Gasteiger partial charge is 0.469 e. The van der Waals surface area contributed by atoms with Crippen LogP contribution in [0.5, 0.6) is 0 Å². The number of primary amides is 1. The summed E-state index contributed by atoms with van der Waals surface area (Å²) in [6.07, 6.45) is 3.44. The van der Waals surface area contributed by atoms with Crippen LogP contribution in [-0.2, 0) is 55.5 Å². The molecule has 58 heavy (non-hydrogen) atoms. The number of nitrogens with one attached hydrogen (secondary N) is 5. The van der Waals surface area contributed by atoms with Crippen LogP contribution in [-0.4, -0.2) is 127 Å². The van der Waals surface area contributed by atoms with Gasteiger partial charge in [-0.2, -0.15) is 0 Å². The number of aromatic amines is 1. The summed E-state index contributed by atoms with van der Waals surface area (Å²) in [5, 5.41) is 23.6. The molecule has 0 saturated carbocycles. The molecule has 22 heteroatoms. The minimum absolute atomic E-state index is 0.00279. The Bertz CT molecular complexity index is 1730. The smallest absolute Gasteiger partial charge is 0.394 e. The first kappa shape index (κ1) is 48.9. The number of aliphatic hydroxyl groups is 1. The molecule has 0 bridgehead atoms. The Hall–Kier alpha value is -5.21. The van der Waals surface area contributed by atoms with Crippen LogP contribution in [0, 0.1) is 5.92 Å². The molecule has 1 aromatic carbocycles. The molecule has 2 rings (SSSR count). The third-order valence-electron chi connectivity index (χ3n) is 8.57. The van der Waals surface area contributed by atoms with Gasteiger partial charge in [0, 0.05) is 31.4 Å². The van der Waals surface area contributed by atoms with Crippen molar-refractivity contribution in [1.82, 2.24) is 36.1 Å². The molecule has 0 fully saturated rings. The minimum atomic E-state index is -5.11. The zero-order valence-electron chi connectivity index (χ0n) is 33.4. The van der Waals surface area contributed by atoms with E-state index in [9.17, 15) is 38.4 Å². The number of aromatic nitrogens is 2. The van der Waals surface area contributed by atoms with Gasteiger partial charge in [0.2, 0.25) is 35.4 Å². The van der Waals surface area contributed by atoms with E-state index < -0.39 is 92.3 Å². The van der Waals surface area contributed by atoms with Crippen molar-refractivity contribution < 1.29 is 57.6 Å². The number of hydrogen-bond donors (Lipinski definition) is 9. The predicted octanol–water partition coefficient (Wildman–Crippen LogP) is -0.826. The fourth-order valence-electron chi connectivity index (χ4n) is 5.60. The number of H-pyrrole nitrogens is 1. The van der Waals surface area contributed by atoms with E-state index in [1.54, 1.807) is 13.1 Å². The Kier molecular flexibility index (Phi) is 20.2. The van der Waals surface area contributed by atoms with Crippen molar-refractivity contribution in [2.24, 2.45) is 16.8 Å². The van der Waals surface area contributed by atoms with Gasteiger partial charge < -0.3 is 56.6 Å². The highest BCUT2D eigenvalue weighted by molar-refractivity contribution is 7.46. The molecule has 6 amide bonds. The van der Waals surface area contributed by atoms with Gasteiger partial charge >= 0.3 is 7.82 Å². The second-order valence-corrected chi connectivity index (χ2v) is 15.2. The second-order valence-electron chi connectivity index (χ2n) is 14.0. The maximum atomic E-state index is 13.8. The molecule has 21 nitrogen and oxygen atoms in total. The summed E-state index contributed by atoms with van der Waals surface area (Å²) in [6.45, 7) is 8.14. The average molecular weight is 838 g/mol. The van der Waals surface area contributed by atoms with Gasteiger partial charge in [-0.25, -0.2) is 9.55 Å². The van der Waals surface area contributed by atoms with Crippen molar-refractivity contribution in [3.05, 3.63) is 54.1 Å². The number of aliphatic hydroxyl groups excluding tert-OH is 1. The molecule has 10 N–H and O–H groups in total. The molecule has 0 spiro atoms. The fraction of sp³-hybridized carbons (Fsp3) is 0.556. The van der Waals surface area contributed by atoms with E-state index in [1.807, 2.05) is 44.2 Å². The lowest BCUT2D eigenvalue weighted by molar-refractivity contribution is -0.141. The number of benzene rings is 1. The Labute approximate surface area is 336 Å². The number of hydrogen-bond acceptors (Lipinski definition) is 12. The number of amides is 6. The van der Waals surface area contributed by atoms with E-state index in [0.717, 1.165) is 18.9 Å². The number of phosphoric ester groups is 1. The molecular weight excluding hydrogens is 781 g/mol. The van der Waals surface area contributed by atoms with Crippen LogP contribution in [0.25, 0.3) is 0 Å². The van der Waals surface area contributed by atoms with Crippen LogP contribution in [0.15, 0.2) is 48.0 Å². The summed E-state index contributed by atoms with van der Waals surface area (Å²) in [7, 11) is -5.11. The topological polar surface area (TPSA) is 317 Å². The standard InChI is InChI=1S/C36H56N9O12P/c1-21(2)15-28(41-33(49)23(4)45(25(6)47)18-22(3)56-40-14-10-13-26-11-8-7-9-12-26)34(50)42-29(16-27-17-38-20-39-27)35(51)43-30(19-46)36(52)44-31(32(37)48)24(5)57-58(53,54)55/h7-9,11-12,14,17,20-24,28-31,46H,10,13,15-16,18-19H2,1-6H3,(H2,37,48)(H,38,39)(H,41,49)(H,42,50)(H,43,51)(H,44,52)(H2,53,54,55). The van der Waals surface area contributed by atoms with Crippen LogP contribution in [0.1, 0.15) is 65.6 Å². The van der Waals surface area contributed by atoms with Crippen LogP contribution < -0.4 is 27.0 Å². The van der Waals surface area contributed by atoms with Crippen LogP contribution >= 0.6 is 7.82 Å². The zero-order chi connectivity index (χ0) is 43.6. The van der Waals surface area contributed by atoms with Crippen LogP contribution in [0.3, 0.4) is 0 Å². The lowest BCUT2D eigenvalue weighted by atomic mass is 10.0. The van der Waals surface area contributed by atoms with E-state index in [0.29, 0.717) is 12.1 Å². The van der Waals surface area contributed by atoms with Crippen molar-refractivity contribution in [2.75, 3.05) is 13.2 Å². The van der Waals surface area contributed by atoms with Crippen molar-refractivity contribution in [2.45, 2.75) is 110 Å². The Morgan fingerprint density at radius 1 is 0.931 bits per heavy atom. The molecule has 0 aliphatic heterocycles. The predicted molar refractivity (Wildman–Crippen MR) is 209 cm³/mol. The number of oxime groups is 1. The molecule has 1 aromatic heterocycles. The SMILES string of the molecule is CC(=O)N(CC(C)ON=CCCc1ccccc1)C(C)C(=O)NC(CC(C)C)C(=O)NC(Cc1cnc[nH]1)C(=O)NC(CO)C(=O)NC(C(N)=O)C(C)OP(=O)(O)O. The Morgan fingerprint density at radius 2 is 1.53 bits per heavy atom. The summed E-state index contributed by atoms with van der Waals surface area (Å²) >= 11 is 0. The molecule has 0 aliphatic carbocycles. The van der Waals surface area contributed by atoms with E-state index in [-0.39, 0.29) is 25.3 Å². The van der Waals surface area contributed by atoms with Crippen LogP contribution in [0.2, 0.25) is 0 Å². The number of rotatable bonds is 25. The van der Waals surface area contributed by atoms with Gasteiger partial charge in [-0.05, 0) is 51.5 Å². The zero-order valence-corrected chi connectivity index (χ0v) is 34.3. The summed E-state index contributed by atoms with van der Waals surface area (Å²) in [4.78, 5) is 110. The minimum Gasteiger partial charge on any atom is -0.394 e. The molecule has 0 saturated heterocycles. The number of aryl methyl sites for hydroxylation is 1. The highest BCUT2D eigenvalue weighted by Gasteiger charge is 2.35. The van der Waals surface area contributed by atoms with E-state index in [1.165, 1.54) is 31.3 Å². The fourth-order valence-corrected chi connectivity index (χ4v) is 6.15. The maximum Gasteiger partial charge on any atom is 0.469 e. The van der Waals surface area contributed by atoms with E-state index in [4.69, 9.17) is 20.4 Å². The first-order chi connectivity index (χ1) is 27.2. The normalized spacial score (nSPS) is 15.3. The molecule has 7 atom stereocenters. The Balaban J connectivity index is 2.17. The molecule has 2 aromatic rings. The number of nitrogens with zero attached hydrogens (tertiary/aromatic N) is 3. The van der Waals surface area contributed by atoms with Crippen molar-refractivity contribution >= 4 is 49.5 Å². The number of phosphoric acid groups is 1. The van der Waals surface area contributed by atoms with Gasteiger partial charge in [-0.1, -0.05) is 49.3 Å². The summed E-state index contributed by atoms with van der Waals surface area (Å²) in [5.41, 5.74) is 6.81. The monoisotopic (exact) mass is 837 g/mol. The van der Waals surface area contributed by atoms with Gasteiger partial charge in [0.1, 0.15) is 36.3 Å². The van der Waals surface area contributed by atoms with Gasteiger partial charge in [0.05, 0.1) is 25.6 Å². The average Bonchev–Trinajstić information content (AvgIpc) is 3.66. The van der Waals surface area contributed by atoms with Crippen molar-refractivity contribution in [3.8, 4) is 0 Å². The number of imidazole rings is 1. The quantitative estimate of drug-likeness (QED) is 0.0336. The van der Waals surface area contributed by atoms with Gasteiger partial charge in [0.15, 0.2) is 0 Å². The second kappa shape index (κ2) is 23.9. The lowest BCUT2D eigenvalue weighted by Crippen LogP contribution is -2.61. The summed E-state index contributed by atoms with van der Waals surface area (Å²) in [6, 6.07) is 2.62. The van der Waals surface area contributed by atoms with E-state index in [2.05, 4.69) is 40.9 Å². The lowest BCUT2D eigenvalue weighted by Gasteiger charge is -2.31. The van der Waals surface area contributed by atoms with Crippen molar-refractivity contribution in [3.63, 3.8) is 0 Å². The molecular formula is C36H56N9O12P. The third kappa shape index (κ3) is 17.5. The molecule has 7 unspecified atom stereocenters. The van der Waals surface area contributed by atoms with E-state index >= 15 is 0 Å². The third-order valence-corrected chi connectivity index (χ3v) is 9.18. The van der Waals surface area contributed by atoms with Gasteiger partial charge in [0.25, 0.3) is 0 Å². The highest BCUT2D eigenvalue weighted by atomic mass is 31.2. The molecule has 322 valence electrons. The van der Waals surface area contributed by atoms with Crippen molar-refractivity contribution in [1.29, 1.82) is 0 Å². The van der Waals surface area contributed by atoms with Crippen LogP contribution in [0.4, 0.5) is 0 Å². The molecule has 0 aliphatic rings.